The second kappa shape index (κ2) is 10.2. The van der Waals surface area contributed by atoms with Gasteiger partial charge in [0.25, 0.3) is 0 Å². The maximum atomic E-state index is 9.95. The third kappa shape index (κ3) is 7.60. The van der Waals surface area contributed by atoms with Gasteiger partial charge in [0.1, 0.15) is 0 Å². The molecule has 1 aliphatic carbocycles. The smallest absolute Gasteiger partial charge is 0.884 e. The van der Waals surface area contributed by atoms with Crippen molar-refractivity contribution in [1.29, 1.82) is 0 Å². The summed E-state index contributed by atoms with van der Waals surface area (Å²) < 4.78 is 0. The Morgan fingerprint density at radius 2 is 1.47 bits per heavy atom. The third-order valence-electron chi connectivity index (χ3n) is 1.45. The van der Waals surface area contributed by atoms with Gasteiger partial charge in [-0.3, -0.25) is 0 Å². The second-order valence-corrected chi connectivity index (χ2v) is 2.42. The van der Waals surface area contributed by atoms with E-state index in [2.05, 4.69) is 0 Å². The first-order valence-corrected chi connectivity index (χ1v) is 3.90. The molecule has 0 bridgehead atoms. The zero-order chi connectivity index (χ0) is 9.52. The molecule has 1 aliphatic rings. The van der Waals surface area contributed by atoms with Gasteiger partial charge in [-0.15, -0.1) is 0 Å². The van der Waals surface area contributed by atoms with E-state index in [9.17, 15) is 10.2 Å². The van der Waals surface area contributed by atoms with E-state index < -0.39 is 5.95 Å². The molecule has 0 heterocycles. The van der Waals surface area contributed by atoms with Crippen LogP contribution in [-0.4, -0.2) is 0 Å². The molecular weight excluding hydrogens is 243 g/mol. The van der Waals surface area contributed by atoms with Gasteiger partial charge in [-0.1, -0.05) is 24.3 Å². The van der Waals surface area contributed by atoms with E-state index in [0.717, 1.165) is 0 Å². The molecule has 15 heavy (non-hydrogen) atoms. The van der Waals surface area contributed by atoms with Crippen molar-refractivity contribution in [3.8, 4) is 0 Å². The van der Waals surface area contributed by atoms with Crippen LogP contribution in [0.3, 0.4) is 0 Å². The molecule has 0 fully saturated rings. The van der Waals surface area contributed by atoms with Gasteiger partial charge in [0.2, 0.25) is 0 Å². The SMILES string of the molecule is [Fe+2].[Na+].[O-]C([O-])=C1C=CC=C1.c1cc[cH-]c1. The van der Waals surface area contributed by atoms with Gasteiger partial charge < -0.3 is 10.2 Å². The molecule has 0 amide bonds. The van der Waals surface area contributed by atoms with E-state index in [-0.39, 0.29) is 52.2 Å². The van der Waals surface area contributed by atoms with Gasteiger partial charge in [0.15, 0.2) is 0 Å². The summed E-state index contributed by atoms with van der Waals surface area (Å²) in [5.74, 6) is -1.12. The first kappa shape index (κ1) is 17.1. The molecule has 0 unspecified atom stereocenters. The van der Waals surface area contributed by atoms with Crippen molar-refractivity contribution < 1.29 is 56.8 Å². The van der Waals surface area contributed by atoms with E-state index >= 15 is 0 Å². The molecule has 2 rings (SSSR count). The average molecular weight is 252 g/mol. The molecule has 0 atom stereocenters. The van der Waals surface area contributed by atoms with Gasteiger partial charge in [0, 0.05) is 0 Å². The molecule has 4 heteroatoms. The van der Waals surface area contributed by atoms with Crippen LogP contribution in [0.15, 0.2) is 66.2 Å². The normalized spacial score (nSPS) is 10.8. The molecule has 1 aromatic rings. The van der Waals surface area contributed by atoms with E-state index in [1.165, 1.54) is 12.2 Å². The Morgan fingerprint density at radius 1 is 1.00 bits per heavy atom. The van der Waals surface area contributed by atoms with Gasteiger partial charge in [-0.05, 0) is 5.57 Å². The molecule has 0 aromatic heterocycles. The van der Waals surface area contributed by atoms with Crippen LogP contribution < -0.4 is 39.8 Å². The predicted octanol–water partition coefficient (Wildman–Crippen LogP) is -2.55. The maximum Gasteiger partial charge on any atom is 2.00 e. The van der Waals surface area contributed by atoms with Crippen molar-refractivity contribution in [3.05, 3.63) is 66.2 Å². The average Bonchev–Trinajstić information content (AvgIpc) is 2.82. The maximum absolute atomic E-state index is 9.95. The van der Waals surface area contributed by atoms with Crippen LogP contribution in [0.2, 0.25) is 0 Å². The Hall–Kier alpha value is -0.311. The van der Waals surface area contributed by atoms with Crippen molar-refractivity contribution in [2.75, 3.05) is 0 Å². The van der Waals surface area contributed by atoms with Crippen LogP contribution >= 0.6 is 0 Å². The quantitative estimate of drug-likeness (QED) is 0.290. The number of hydrogen-bond donors (Lipinski definition) is 0. The molecule has 1 aromatic carbocycles. The van der Waals surface area contributed by atoms with Crippen molar-refractivity contribution in [2.24, 2.45) is 0 Å². The molecule has 0 spiro atoms. The van der Waals surface area contributed by atoms with E-state index in [4.69, 9.17) is 0 Å². The largest absolute Gasteiger partial charge is 2.00 e. The molecule has 0 N–H and O–H groups in total. The molecule has 0 saturated carbocycles. The minimum absolute atomic E-state index is 0. The van der Waals surface area contributed by atoms with E-state index in [1.807, 2.05) is 30.3 Å². The van der Waals surface area contributed by atoms with Gasteiger partial charge >= 0.3 is 46.6 Å². The van der Waals surface area contributed by atoms with Crippen LogP contribution in [0.5, 0.6) is 0 Å². The van der Waals surface area contributed by atoms with Gasteiger partial charge in [-0.25, -0.2) is 12.1 Å². The van der Waals surface area contributed by atoms with Crippen LogP contribution in [0.4, 0.5) is 0 Å². The summed E-state index contributed by atoms with van der Waals surface area (Å²) >= 11 is 0. The van der Waals surface area contributed by atoms with Crippen LogP contribution in [0.1, 0.15) is 0 Å². The van der Waals surface area contributed by atoms with Crippen molar-refractivity contribution in [2.45, 2.75) is 0 Å². The molecule has 74 valence electrons. The zero-order valence-electron chi connectivity index (χ0n) is 8.37. The summed E-state index contributed by atoms with van der Waals surface area (Å²) in [6.07, 6.45) is 6.31. The zero-order valence-corrected chi connectivity index (χ0v) is 11.5. The Bertz CT molecular complexity index is 291. The summed E-state index contributed by atoms with van der Waals surface area (Å²) in [4.78, 5) is 0. The fourth-order valence-electron chi connectivity index (χ4n) is 0.831. The topological polar surface area (TPSA) is 46.1 Å². The van der Waals surface area contributed by atoms with Crippen LogP contribution in [0.25, 0.3) is 0 Å². The minimum atomic E-state index is -1.12. The number of hydrogen-bond acceptors (Lipinski definition) is 2. The van der Waals surface area contributed by atoms with Gasteiger partial charge in [0.05, 0.1) is 0 Å². The van der Waals surface area contributed by atoms with Crippen molar-refractivity contribution in [1.82, 2.24) is 0 Å². The summed E-state index contributed by atoms with van der Waals surface area (Å²) in [7, 11) is 0. The van der Waals surface area contributed by atoms with Crippen LogP contribution in [-0.2, 0) is 17.1 Å². The first-order chi connectivity index (χ1) is 6.30. The van der Waals surface area contributed by atoms with E-state index in [0.29, 0.717) is 0 Å². The molecule has 2 nitrogen and oxygen atoms in total. The third-order valence-corrected chi connectivity index (χ3v) is 1.45. The standard InChI is InChI=1S/C6H6O2.C5H5.Fe.Na/c7-6(8)5-3-1-2-4-5;1-2-4-5-3-1;;/h1-4,7-8H;1-5H;;/q;-1;+2;+1/p-2. The fourth-order valence-corrected chi connectivity index (χ4v) is 0.831. The predicted molar refractivity (Wildman–Crippen MR) is 47.3 cm³/mol. The Labute approximate surface area is 122 Å². The molecular formula is C11H9FeNaO2. The number of rotatable bonds is 0. The monoisotopic (exact) mass is 252 g/mol. The summed E-state index contributed by atoms with van der Waals surface area (Å²) in [5, 5.41) is 19.9. The van der Waals surface area contributed by atoms with Gasteiger partial charge in [-0.2, -0.15) is 24.1 Å². The summed E-state index contributed by atoms with van der Waals surface area (Å²) in [6.45, 7) is 0. The molecule has 0 saturated heterocycles. The fraction of sp³-hybridized carbons (Fsp3) is 0. The first-order valence-electron chi connectivity index (χ1n) is 3.90. The van der Waals surface area contributed by atoms with Crippen LogP contribution in [0, 0.1) is 0 Å². The molecule has 0 radical (unpaired) electrons. The number of allylic oxidation sites excluding steroid dienone is 5. The van der Waals surface area contributed by atoms with Crippen molar-refractivity contribution in [3.63, 3.8) is 0 Å². The molecule has 0 aliphatic heterocycles. The Morgan fingerprint density at radius 3 is 1.67 bits per heavy atom. The summed E-state index contributed by atoms with van der Waals surface area (Å²) in [6, 6.07) is 10.0. The van der Waals surface area contributed by atoms with E-state index in [1.54, 1.807) is 12.2 Å². The summed E-state index contributed by atoms with van der Waals surface area (Å²) in [5.41, 5.74) is 0.241. The minimum Gasteiger partial charge on any atom is -0.884 e. The van der Waals surface area contributed by atoms with Crippen molar-refractivity contribution >= 4 is 0 Å². The Balaban J connectivity index is 0. The Kier molecular flexibility index (Phi) is 11.6. The second-order valence-electron chi connectivity index (χ2n) is 2.42.